The minimum atomic E-state index is -2.81. The first-order chi connectivity index (χ1) is 37.2. The summed E-state index contributed by atoms with van der Waals surface area (Å²) in [4.78, 5) is 56.1. The number of amides is 3. The van der Waals surface area contributed by atoms with Gasteiger partial charge in [0.05, 0.1) is 64.8 Å². The van der Waals surface area contributed by atoms with Crippen molar-refractivity contribution < 1.29 is 42.3 Å². The molecule has 0 radical (unpaired) electrons. The largest absolute Gasteiger partial charge is 0.475 e. The Morgan fingerprint density at radius 3 is 2.56 bits per heavy atom. The van der Waals surface area contributed by atoms with Gasteiger partial charge in [-0.1, -0.05) is 38.1 Å². The molecule has 77 heavy (non-hydrogen) atoms. The Bertz CT molecular complexity index is 3310. The zero-order valence-corrected chi connectivity index (χ0v) is 44.8. The molecule has 2 fully saturated rings. The van der Waals surface area contributed by atoms with Gasteiger partial charge in [-0.05, 0) is 91.1 Å². The van der Waals surface area contributed by atoms with Crippen molar-refractivity contribution in [3.8, 4) is 22.0 Å². The number of rotatable bonds is 15. The lowest BCUT2D eigenvalue weighted by molar-refractivity contribution is -0.141. The molecule has 7 aromatic rings. The van der Waals surface area contributed by atoms with Crippen LogP contribution in [0.4, 0.5) is 20.3 Å². The molecular formula is C57H64F2N10O7S. The predicted molar refractivity (Wildman–Crippen MR) is 286 cm³/mol. The van der Waals surface area contributed by atoms with E-state index in [9.17, 15) is 19.5 Å². The number of β-amino-alcohol motifs (C(OH)–C–C–N with tert-alkyl or cyclic N) is 1. The number of carbonyl (C=O) groups is 3. The lowest BCUT2D eigenvalue weighted by Crippen LogP contribution is -2.48. The Balaban J connectivity index is 0.795. The fourth-order valence-corrected chi connectivity index (χ4v) is 12.6. The van der Waals surface area contributed by atoms with Gasteiger partial charge in [-0.15, -0.1) is 11.3 Å². The summed E-state index contributed by atoms with van der Waals surface area (Å²) in [6.45, 7) is 12.3. The summed E-state index contributed by atoms with van der Waals surface area (Å²) >= 11 is 1.57. The van der Waals surface area contributed by atoms with Gasteiger partial charge in [-0.2, -0.15) is 5.10 Å². The van der Waals surface area contributed by atoms with Crippen LogP contribution in [0.1, 0.15) is 123 Å². The molecule has 9 heterocycles. The van der Waals surface area contributed by atoms with Crippen molar-refractivity contribution in [2.75, 3.05) is 44.4 Å². The highest BCUT2D eigenvalue weighted by molar-refractivity contribution is 7.13. The molecule has 2 saturated heterocycles. The number of aliphatic hydroxyl groups is 1. The highest BCUT2D eigenvalue weighted by Gasteiger charge is 2.44. The molecule has 4 atom stereocenters. The zero-order valence-electron chi connectivity index (χ0n) is 44.0. The summed E-state index contributed by atoms with van der Waals surface area (Å²) in [5, 5.41) is 24.1. The standard InChI is InChI=1S/C57H64F2N10O7S/c1-32(2)52(57(73)68-29-41(71)24-48(68)56(72)62-33(3)36-8-10-37(11-9-36)53-34(4)61-31-77-53)50-26-51(64-76-50)75-22-14-39-28-67(49-27-60-17-12-42(39)49)47-23-38-7-6-18-66(46(38)25-43(47)54(58)59)55-44-30-65(35(5)70)19-13-45(44)69(63-55)40-15-20-74-21-16-40/h8-12,17,23,25-28,31-33,40-41,48,52,54,71H,6-7,13-16,18-22,24,29-30H2,1-5H3,(H,62,72)/t33-,41+,48-,52?/m0/s1. The number of carbonyl (C=O) groups excluding carboxylic acids is 3. The van der Waals surface area contributed by atoms with Crippen LogP contribution in [0.2, 0.25) is 0 Å². The minimum absolute atomic E-state index is 0.00613. The van der Waals surface area contributed by atoms with E-state index in [2.05, 4.69) is 30.0 Å². The van der Waals surface area contributed by atoms with Crippen LogP contribution in [-0.4, -0.2) is 114 Å². The van der Waals surface area contributed by atoms with Gasteiger partial charge in [0.2, 0.25) is 17.7 Å². The molecule has 2 N–H and O–H groups in total. The third kappa shape index (κ3) is 10.2. The van der Waals surface area contributed by atoms with Crippen molar-refractivity contribution in [2.24, 2.45) is 5.92 Å². The number of hydrogen-bond acceptors (Lipinski definition) is 13. The number of hydrogen-bond donors (Lipinski definition) is 2. The van der Waals surface area contributed by atoms with Crippen LogP contribution in [0.15, 0.2) is 77.2 Å². The normalized spacial score (nSPS) is 18.8. The topological polar surface area (TPSA) is 186 Å². The second-order valence-corrected chi connectivity index (χ2v) is 22.0. The Hall–Kier alpha value is -7.03. The summed E-state index contributed by atoms with van der Waals surface area (Å²) in [6.07, 6.45) is 5.81. The van der Waals surface area contributed by atoms with E-state index in [1.54, 1.807) is 47.4 Å². The number of benzene rings is 2. The number of likely N-dealkylation sites (tertiary alicyclic amines) is 1. The van der Waals surface area contributed by atoms with Crippen molar-refractivity contribution in [3.63, 3.8) is 0 Å². The van der Waals surface area contributed by atoms with Crippen molar-refractivity contribution in [2.45, 2.75) is 123 Å². The highest BCUT2D eigenvalue weighted by atomic mass is 32.1. The number of aromatic nitrogens is 6. The molecule has 4 aliphatic rings. The first-order valence-electron chi connectivity index (χ1n) is 26.7. The van der Waals surface area contributed by atoms with Crippen LogP contribution >= 0.6 is 11.3 Å². The lowest BCUT2D eigenvalue weighted by atomic mass is 9.91. The van der Waals surface area contributed by atoms with Crippen LogP contribution < -0.4 is 15.0 Å². The molecule has 4 aliphatic heterocycles. The van der Waals surface area contributed by atoms with E-state index in [4.69, 9.17) is 19.1 Å². The number of nitrogens with one attached hydrogen (secondary N) is 1. The van der Waals surface area contributed by atoms with Crippen molar-refractivity contribution in [1.29, 1.82) is 0 Å². The van der Waals surface area contributed by atoms with Gasteiger partial charge in [-0.25, -0.2) is 13.8 Å². The highest BCUT2D eigenvalue weighted by Crippen LogP contribution is 2.44. The van der Waals surface area contributed by atoms with E-state index in [0.29, 0.717) is 69.0 Å². The zero-order chi connectivity index (χ0) is 53.6. The fraction of sp³-hybridized carbons (Fsp3) is 0.456. The van der Waals surface area contributed by atoms with E-state index in [1.165, 1.54) is 4.90 Å². The first-order valence-corrected chi connectivity index (χ1v) is 27.6. The van der Waals surface area contributed by atoms with Crippen LogP contribution in [-0.2, 0) is 44.9 Å². The van der Waals surface area contributed by atoms with E-state index < -0.39 is 24.5 Å². The number of aliphatic hydroxyl groups excluding tert-OH is 1. The van der Waals surface area contributed by atoms with Gasteiger partial charge in [0.1, 0.15) is 12.0 Å². The number of nitrogens with zero attached hydrogens (tertiary/aromatic N) is 9. The molecule has 20 heteroatoms. The minimum Gasteiger partial charge on any atom is -0.475 e. The summed E-state index contributed by atoms with van der Waals surface area (Å²) < 4.78 is 52.6. The Labute approximate surface area is 449 Å². The number of alkyl halides is 2. The van der Waals surface area contributed by atoms with Crippen molar-refractivity contribution in [3.05, 3.63) is 118 Å². The molecule has 3 amide bonds. The van der Waals surface area contributed by atoms with Gasteiger partial charge in [0, 0.05) is 105 Å². The molecule has 17 nitrogen and oxygen atoms in total. The average Bonchev–Trinajstić information content (AvgIpc) is 4.30. The van der Waals surface area contributed by atoms with Crippen molar-refractivity contribution >= 4 is 51.5 Å². The van der Waals surface area contributed by atoms with Gasteiger partial charge >= 0.3 is 0 Å². The maximum atomic E-state index is 15.5. The van der Waals surface area contributed by atoms with E-state index in [-0.39, 0.29) is 72.5 Å². The van der Waals surface area contributed by atoms with Gasteiger partial charge in [0.25, 0.3) is 12.3 Å². The second-order valence-electron chi connectivity index (χ2n) is 21.1. The number of fused-ring (bicyclic) bond motifs is 3. The Morgan fingerprint density at radius 1 is 1.01 bits per heavy atom. The molecule has 0 saturated carbocycles. The summed E-state index contributed by atoms with van der Waals surface area (Å²) in [5.74, 6) is -0.666. The van der Waals surface area contributed by atoms with Crippen LogP contribution in [0.25, 0.3) is 27.0 Å². The average molecular weight is 1070 g/mol. The first kappa shape index (κ1) is 52.0. The molecule has 0 bridgehead atoms. The number of halogens is 2. The monoisotopic (exact) mass is 1070 g/mol. The van der Waals surface area contributed by atoms with Crippen LogP contribution in [0, 0.1) is 12.8 Å². The molecular weight excluding hydrogens is 1010 g/mol. The summed E-state index contributed by atoms with van der Waals surface area (Å²) in [6, 6.07) is 13.8. The second kappa shape index (κ2) is 21.8. The quantitative estimate of drug-likeness (QED) is 0.0994. The molecule has 1 unspecified atom stereocenters. The maximum Gasteiger partial charge on any atom is 0.265 e. The molecule has 404 valence electrons. The fourth-order valence-electron chi connectivity index (χ4n) is 11.8. The summed E-state index contributed by atoms with van der Waals surface area (Å²) in [5.41, 5.74) is 10.2. The van der Waals surface area contributed by atoms with E-state index in [0.717, 1.165) is 74.5 Å². The number of aryl methyl sites for hydroxylation is 2. The predicted octanol–water partition coefficient (Wildman–Crippen LogP) is 9.12. The van der Waals surface area contributed by atoms with E-state index in [1.807, 2.05) is 80.7 Å². The van der Waals surface area contributed by atoms with Crippen LogP contribution in [0.5, 0.6) is 5.88 Å². The maximum absolute atomic E-state index is 15.5. The van der Waals surface area contributed by atoms with Gasteiger partial charge in [0.15, 0.2) is 11.6 Å². The van der Waals surface area contributed by atoms with E-state index >= 15 is 8.78 Å². The van der Waals surface area contributed by atoms with Crippen molar-refractivity contribution in [1.82, 2.24) is 44.6 Å². The van der Waals surface area contributed by atoms with Gasteiger partial charge in [-0.3, -0.25) is 24.0 Å². The lowest BCUT2D eigenvalue weighted by Gasteiger charge is -2.33. The molecule has 5 aromatic heterocycles. The third-order valence-corrected chi connectivity index (χ3v) is 16.8. The number of anilines is 2. The van der Waals surface area contributed by atoms with Gasteiger partial charge < -0.3 is 43.7 Å². The Kier molecular flexibility index (Phi) is 14.7. The molecule has 2 aromatic carbocycles. The number of thiazole rings is 1. The molecule has 0 aliphatic carbocycles. The van der Waals surface area contributed by atoms with Crippen LogP contribution in [0.3, 0.4) is 0 Å². The number of pyridine rings is 1. The smallest absolute Gasteiger partial charge is 0.265 e. The third-order valence-electron chi connectivity index (χ3n) is 15.8. The Morgan fingerprint density at radius 2 is 1.82 bits per heavy atom. The number of ether oxygens (including phenoxy) is 2. The SMILES string of the molecule is CC(=O)N1CCc2c(c(N3CCCc4cc(-n5cc(CCOc6cc(C(C(=O)N7C[C@H](O)C[C@H]7C(=O)N[C@@H](C)c7ccc(-c8scnc8C)cc7)C(C)C)on6)c6ccncc65)c(C(F)F)cc43)nn2C2CCOCC2)C1. The summed E-state index contributed by atoms with van der Waals surface area (Å²) in [7, 11) is 0. The molecule has 0 spiro atoms. The molecule has 11 rings (SSSR count).